The summed E-state index contributed by atoms with van der Waals surface area (Å²) in [5.74, 6) is 0. The van der Waals surface area contributed by atoms with Crippen LogP contribution in [0.4, 0.5) is 0 Å². The number of nitrogens with zero attached hydrogens (tertiary/aromatic N) is 2. The maximum atomic E-state index is 6.39. The zero-order valence-electron chi connectivity index (χ0n) is 11.9. The van der Waals surface area contributed by atoms with Gasteiger partial charge in [-0.15, -0.1) is 0 Å². The summed E-state index contributed by atoms with van der Waals surface area (Å²) < 4.78 is 2.02. The van der Waals surface area contributed by atoms with Crippen LogP contribution in [0.1, 0.15) is 31.1 Å². The third kappa shape index (κ3) is 2.36. The number of nitrogens with one attached hydrogen (secondary N) is 1. The van der Waals surface area contributed by atoms with Gasteiger partial charge in [0, 0.05) is 42.2 Å². The molecule has 3 rings (SSSR count). The quantitative estimate of drug-likeness (QED) is 0.937. The average molecular weight is 290 g/mol. The minimum atomic E-state index is 0.0918. The van der Waals surface area contributed by atoms with Gasteiger partial charge in [-0.25, -0.2) is 0 Å². The van der Waals surface area contributed by atoms with Gasteiger partial charge in [0.1, 0.15) is 0 Å². The Morgan fingerprint density at radius 3 is 2.60 bits per heavy atom. The average Bonchev–Trinajstić information content (AvgIpc) is 2.83. The Bertz CT molecular complexity index is 599. The standard InChI is InChI=1S/C16H20ClN3/c1-12(2)20-8-7-13(19-20)9-16(10-18-11-16)14-5-3-4-6-15(14)17/h3-8,12,18H,9-11H2,1-2H3. The summed E-state index contributed by atoms with van der Waals surface area (Å²) in [6.45, 7) is 6.22. The largest absolute Gasteiger partial charge is 0.315 e. The molecule has 4 heteroatoms. The second-order valence-corrected chi connectivity index (χ2v) is 6.33. The van der Waals surface area contributed by atoms with Gasteiger partial charge in [-0.2, -0.15) is 5.10 Å². The van der Waals surface area contributed by atoms with Gasteiger partial charge in [-0.1, -0.05) is 29.8 Å². The summed E-state index contributed by atoms with van der Waals surface area (Å²) >= 11 is 6.39. The molecule has 2 aromatic rings. The first-order valence-corrected chi connectivity index (χ1v) is 7.48. The molecule has 3 nitrogen and oxygen atoms in total. The molecule has 0 amide bonds. The summed E-state index contributed by atoms with van der Waals surface area (Å²) in [5, 5.41) is 8.92. The van der Waals surface area contributed by atoms with Crippen LogP contribution in [0.5, 0.6) is 0 Å². The molecule has 0 spiro atoms. The molecule has 0 saturated carbocycles. The van der Waals surface area contributed by atoms with Crippen molar-refractivity contribution in [2.75, 3.05) is 13.1 Å². The first-order valence-electron chi connectivity index (χ1n) is 7.10. The number of halogens is 1. The summed E-state index contributed by atoms with van der Waals surface area (Å²) in [5.41, 5.74) is 2.47. The minimum absolute atomic E-state index is 0.0918. The van der Waals surface area contributed by atoms with Crippen molar-refractivity contribution in [3.8, 4) is 0 Å². The highest BCUT2D eigenvalue weighted by Gasteiger charge is 2.40. The fourth-order valence-corrected chi connectivity index (χ4v) is 3.17. The van der Waals surface area contributed by atoms with E-state index in [1.165, 1.54) is 5.56 Å². The monoisotopic (exact) mass is 289 g/mol. The predicted molar refractivity (Wildman–Crippen MR) is 82.3 cm³/mol. The van der Waals surface area contributed by atoms with Gasteiger partial charge in [0.15, 0.2) is 0 Å². The Morgan fingerprint density at radius 1 is 1.30 bits per heavy atom. The third-order valence-corrected chi connectivity index (χ3v) is 4.41. The molecule has 20 heavy (non-hydrogen) atoms. The fraction of sp³-hybridized carbons (Fsp3) is 0.438. The highest BCUT2D eigenvalue weighted by atomic mass is 35.5. The summed E-state index contributed by atoms with van der Waals surface area (Å²) in [6.07, 6.45) is 3.00. The zero-order chi connectivity index (χ0) is 14.2. The van der Waals surface area contributed by atoms with Crippen molar-refractivity contribution >= 4 is 11.6 Å². The van der Waals surface area contributed by atoms with Gasteiger partial charge in [-0.3, -0.25) is 4.68 Å². The smallest absolute Gasteiger partial charge is 0.0634 e. The fourth-order valence-electron chi connectivity index (χ4n) is 2.83. The van der Waals surface area contributed by atoms with Crippen LogP contribution in [-0.2, 0) is 11.8 Å². The van der Waals surface area contributed by atoms with E-state index in [4.69, 9.17) is 11.6 Å². The maximum Gasteiger partial charge on any atom is 0.0634 e. The lowest BCUT2D eigenvalue weighted by molar-refractivity contribution is 0.271. The van der Waals surface area contributed by atoms with Crippen LogP contribution in [0.15, 0.2) is 36.5 Å². The first-order chi connectivity index (χ1) is 9.61. The van der Waals surface area contributed by atoms with Crippen molar-refractivity contribution in [1.29, 1.82) is 0 Å². The van der Waals surface area contributed by atoms with Crippen molar-refractivity contribution < 1.29 is 0 Å². The highest BCUT2D eigenvalue weighted by molar-refractivity contribution is 6.31. The van der Waals surface area contributed by atoms with Crippen LogP contribution in [0.2, 0.25) is 5.02 Å². The molecule has 106 valence electrons. The molecule has 0 atom stereocenters. The summed E-state index contributed by atoms with van der Waals surface area (Å²) in [4.78, 5) is 0. The number of benzene rings is 1. The number of hydrogen-bond donors (Lipinski definition) is 1. The molecular formula is C16H20ClN3. The molecule has 1 aromatic carbocycles. The van der Waals surface area contributed by atoms with Crippen molar-refractivity contribution in [2.24, 2.45) is 0 Å². The molecule has 1 aromatic heterocycles. The Hall–Kier alpha value is -1.32. The van der Waals surface area contributed by atoms with Gasteiger partial charge >= 0.3 is 0 Å². The Balaban J connectivity index is 1.88. The Morgan fingerprint density at radius 2 is 2.05 bits per heavy atom. The van der Waals surface area contributed by atoms with Gasteiger partial charge in [0.25, 0.3) is 0 Å². The van der Waals surface area contributed by atoms with E-state index < -0.39 is 0 Å². The minimum Gasteiger partial charge on any atom is -0.315 e. The van der Waals surface area contributed by atoms with E-state index >= 15 is 0 Å². The zero-order valence-corrected chi connectivity index (χ0v) is 12.7. The molecule has 0 radical (unpaired) electrons. The van der Waals surface area contributed by atoms with Crippen LogP contribution in [0.25, 0.3) is 0 Å². The second kappa shape index (κ2) is 5.23. The van der Waals surface area contributed by atoms with E-state index in [1.54, 1.807) is 0 Å². The molecule has 2 heterocycles. The molecule has 1 N–H and O–H groups in total. The van der Waals surface area contributed by atoms with Crippen molar-refractivity contribution in [3.63, 3.8) is 0 Å². The molecule has 1 aliphatic heterocycles. The summed E-state index contributed by atoms with van der Waals surface area (Å²) in [7, 11) is 0. The van der Waals surface area contributed by atoms with E-state index in [2.05, 4.69) is 48.7 Å². The summed E-state index contributed by atoms with van der Waals surface area (Å²) in [6, 6.07) is 10.7. The highest BCUT2D eigenvalue weighted by Crippen LogP contribution is 2.36. The molecule has 1 fully saturated rings. The second-order valence-electron chi connectivity index (χ2n) is 5.92. The Kier molecular flexibility index (Phi) is 3.57. The molecule has 0 unspecified atom stereocenters. The number of rotatable bonds is 4. The molecule has 1 aliphatic rings. The van der Waals surface area contributed by atoms with E-state index in [1.807, 2.05) is 16.8 Å². The lowest BCUT2D eigenvalue weighted by Crippen LogP contribution is -2.58. The van der Waals surface area contributed by atoms with Crippen LogP contribution in [-0.4, -0.2) is 22.9 Å². The first kappa shape index (κ1) is 13.7. The molecule has 0 aliphatic carbocycles. The van der Waals surface area contributed by atoms with Gasteiger partial charge in [-0.05, 0) is 31.5 Å². The van der Waals surface area contributed by atoms with Gasteiger partial charge < -0.3 is 5.32 Å². The number of hydrogen-bond acceptors (Lipinski definition) is 2. The van der Waals surface area contributed by atoms with Crippen LogP contribution < -0.4 is 5.32 Å². The molecule has 0 bridgehead atoms. The van der Waals surface area contributed by atoms with E-state index in [-0.39, 0.29) is 5.41 Å². The van der Waals surface area contributed by atoms with E-state index in [0.717, 1.165) is 30.2 Å². The van der Waals surface area contributed by atoms with Crippen LogP contribution in [0.3, 0.4) is 0 Å². The van der Waals surface area contributed by atoms with Crippen molar-refractivity contribution in [1.82, 2.24) is 15.1 Å². The van der Waals surface area contributed by atoms with E-state index in [9.17, 15) is 0 Å². The maximum absolute atomic E-state index is 6.39. The normalized spacial score (nSPS) is 17.2. The van der Waals surface area contributed by atoms with E-state index in [0.29, 0.717) is 6.04 Å². The lowest BCUT2D eigenvalue weighted by Gasteiger charge is -2.43. The molecular weight excluding hydrogens is 270 g/mol. The predicted octanol–water partition coefficient (Wildman–Crippen LogP) is 3.20. The SMILES string of the molecule is CC(C)n1ccc(CC2(c3ccccc3Cl)CNC2)n1. The molecule has 1 saturated heterocycles. The van der Waals surface area contributed by atoms with Crippen LogP contribution >= 0.6 is 11.6 Å². The lowest BCUT2D eigenvalue weighted by atomic mass is 9.72. The number of aromatic nitrogens is 2. The van der Waals surface area contributed by atoms with Crippen molar-refractivity contribution in [2.45, 2.75) is 31.7 Å². The van der Waals surface area contributed by atoms with Crippen LogP contribution in [0, 0.1) is 0 Å². The van der Waals surface area contributed by atoms with Gasteiger partial charge in [0.2, 0.25) is 0 Å². The van der Waals surface area contributed by atoms with Crippen molar-refractivity contribution in [3.05, 3.63) is 52.8 Å². The Labute approximate surface area is 124 Å². The topological polar surface area (TPSA) is 29.9 Å². The van der Waals surface area contributed by atoms with Gasteiger partial charge in [0.05, 0.1) is 5.69 Å². The third-order valence-electron chi connectivity index (χ3n) is 4.08.